The number of thioether (sulfide) groups is 1. The van der Waals surface area contributed by atoms with Crippen LogP contribution in [-0.4, -0.2) is 23.6 Å². The third-order valence-corrected chi connectivity index (χ3v) is 4.03. The SMILES string of the molecule is CCNC1(C#N)CSCC(C)(C)C1. The Labute approximate surface area is 85.1 Å². The Kier molecular flexibility index (Phi) is 3.26. The summed E-state index contributed by atoms with van der Waals surface area (Å²) in [5, 5.41) is 12.5. The first-order chi connectivity index (χ1) is 6.04. The number of nitriles is 1. The molecule has 0 amide bonds. The van der Waals surface area contributed by atoms with Gasteiger partial charge >= 0.3 is 0 Å². The minimum atomic E-state index is -0.277. The molecule has 1 fully saturated rings. The maximum absolute atomic E-state index is 9.18. The van der Waals surface area contributed by atoms with Gasteiger partial charge in [0.25, 0.3) is 0 Å². The van der Waals surface area contributed by atoms with Gasteiger partial charge in [-0.25, -0.2) is 0 Å². The van der Waals surface area contributed by atoms with Gasteiger partial charge in [0.15, 0.2) is 0 Å². The summed E-state index contributed by atoms with van der Waals surface area (Å²) >= 11 is 1.89. The molecule has 2 nitrogen and oxygen atoms in total. The monoisotopic (exact) mass is 198 g/mol. The van der Waals surface area contributed by atoms with Gasteiger partial charge in [-0.1, -0.05) is 20.8 Å². The second-order valence-corrected chi connectivity index (χ2v) is 5.54. The second-order valence-electron chi connectivity index (χ2n) is 4.56. The molecule has 1 heterocycles. The summed E-state index contributed by atoms with van der Waals surface area (Å²) in [5.74, 6) is 2.10. The summed E-state index contributed by atoms with van der Waals surface area (Å²) in [6, 6.07) is 2.44. The second kappa shape index (κ2) is 3.89. The van der Waals surface area contributed by atoms with Crippen LogP contribution in [0.2, 0.25) is 0 Å². The van der Waals surface area contributed by atoms with Crippen molar-refractivity contribution in [2.24, 2.45) is 5.41 Å². The molecule has 13 heavy (non-hydrogen) atoms. The van der Waals surface area contributed by atoms with Crippen molar-refractivity contribution in [3.63, 3.8) is 0 Å². The third kappa shape index (κ3) is 2.62. The summed E-state index contributed by atoms with van der Waals surface area (Å²) in [4.78, 5) is 0. The van der Waals surface area contributed by atoms with E-state index >= 15 is 0 Å². The lowest BCUT2D eigenvalue weighted by Gasteiger charge is -2.40. The van der Waals surface area contributed by atoms with E-state index in [1.54, 1.807) is 0 Å². The number of nitrogens with zero attached hydrogens (tertiary/aromatic N) is 1. The fraction of sp³-hybridized carbons (Fsp3) is 0.900. The molecule has 1 aliphatic rings. The van der Waals surface area contributed by atoms with E-state index in [1.165, 1.54) is 5.75 Å². The van der Waals surface area contributed by atoms with Gasteiger partial charge in [0, 0.05) is 5.75 Å². The molecule has 1 N–H and O–H groups in total. The van der Waals surface area contributed by atoms with E-state index in [1.807, 2.05) is 11.8 Å². The van der Waals surface area contributed by atoms with E-state index in [4.69, 9.17) is 0 Å². The van der Waals surface area contributed by atoms with Crippen LogP contribution in [0.25, 0.3) is 0 Å². The van der Waals surface area contributed by atoms with E-state index in [9.17, 15) is 5.26 Å². The average Bonchev–Trinajstić information content (AvgIpc) is 2.03. The van der Waals surface area contributed by atoms with E-state index in [2.05, 4.69) is 32.2 Å². The topological polar surface area (TPSA) is 35.8 Å². The fourth-order valence-corrected chi connectivity index (χ4v) is 3.36. The van der Waals surface area contributed by atoms with Crippen LogP contribution in [0.15, 0.2) is 0 Å². The number of hydrogen-bond donors (Lipinski definition) is 1. The van der Waals surface area contributed by atoms with Crippen LogP contribution in [0.5, 0.6) is 0 Å². The van der Waals surface area contributed by atoms with Crippen LogP contribution in [0, 0.1) is 16.7 Å². The first kappa shape index (κ1) is 10.9. The maximum atomic E-state index is 9.18. The number of hydrogen-bond acceptors (Lipinski definition) is 3. The maximum Gasteiger partial charge on any atom is 0.116 e. The molecule has 1 saturated heterocycles. The van der Waals surface area contributed by atoms with Gasteiger partial charge in [0.1, 0.15) is 5.54 Å². The summed E-state index contributed by atoms with van der Waals surface area (Å²) in [5.41, 5.74) is 0.0159. The molecule has 0 bridgehead atoms. The van der Waals surface area contributed by atoms with Gasteiger partial charge in [0.05, 0.1) is 6.07 Å². The molecule has 0 saturated carbocycles. The van der Waals surface area contributed by atoms with Crippen LogP contribution in [0.1, 0.15) is 27.2 Å². The van der Waals surface area contributed by atoms with Gasteiger partial charge in [-0.2, -0.15) is 17.0 Å². The molecule has 0 aliphatic carbocycles. The van der Waals surface area contributed by atoms with Crippen molar-refractivity contribution >= 4 is 11.8 Å². The minimum Gasteiger partial charge on any atom is -0.299 e. The molecule has 74 valence electrons. The Hall–Kier alpha value is -0.200. The first-order valence-corrected chi connectivity index (χ1v) is 5.93. The highest BCUT2D eigenvalue weighted by Crippen LogP contribution is 2.38. The van der Waals surface area contributed by atoms with Crippen molar-refractivity contribution in [2.45, 2.75) is 32.7 Å². The van der Waals surface area contributed by atoms with Crippen LogP contribution < -0.4 is 5.32 Å². The molecule has 0 radical (unpaired) electrons. The van der Waals surface area contributed by atoms with Gasteiger partial charge in [-0.05, 0) is 24.1 Å². The standard InChI is InChI=1S/C10H18N2S/c1-4-12-10(6-11)5-9(2,3)7-13-8-10/h12H,4-5,7-8H2,1-3H3. The van der Waals surface area contributed by atoms with Crippen molar-refractivity contribution in [1.29, 1.82) is 5.26 Å². The molecule has 1 rings (SSSR count). The van der Waals surface area contributed by atoms with Crippen molar-refractivity contribution in [3.8, 4) is 6.07 Å². The molecule has 1 unspecified atom stereocenters. The molecule has 0 aromatic rings. The normalized spacial score (nSPS) is 32.5. The van der Waals surface area contributed by atoms with Crippen LogP contribution in [-0.2, 0) is 0 Å². The lowest BCUT2D eigenvalue weighted by molar-refractivity contribution is 0.274. The Morgan fingerprint density at radius 1 is 1.46 bits per heavy atom. The third-order valence-electron chi connectivity index (χ3n) is 2.35. The predicted molar refractivity (Wildman–Crippen MR) is 57.7 cm³/mol. The largest absolute Gasteiger partial charge is 0.299 e. The molecular weight excluding hydrogens is 180 g/mol. The fourth-order valence-electron chi connectivity index (χ4n) is 1.98. The van der Waals surface area contributed by atoms with Crippen LogP contribution >= 0.6 is 11.8 Å². The Balaban J connectivity index is 2.71. The summed E-state index contributed by atoms with van der Waals surface area (Å²) in [7, 11) is 0. The van der Waals surface area contributed by atoms with Gasteiger partial charge in [-0.15, -0.1) is 0 Å². The van der Waals surface area contributed by atoms with Gasteiger partial charge in [-0.3, -0.25) is 5.32 Å². The molecule has 0 aromatic carbocycles. The van der Waals surface area contributed by atoms with Gasteiger partial charge in [0.2, 0.25) is 0 Å². The Morgan fingerprint density at radius 3 is 2.62 bits per heavy atom. The smallest absolute Gasteiger partial charge is 0.116 e. The van der Waals surface area contributed by atoms with Gasteiger partial charge < -0.3 is 0 Å². The van der Waals surface area contributed by atoms with Crippen LogP contribution in [0.3, 0.4) is 0 Å². The highest BCUT2D eigenvalue weighted by atomic mass is 32.2. The highest BCUT2D eigenvalue weighted by Gasteiger charge is 2.40. The zero-order chi connectivity index (χ0) is 9.95. The summed E-state index contributed by atoms with van der Waals surface area (Å²) in [6.07, 6.45) is 0.970. The van der Waals surface area contributed by atoms with Crippen molar-refractivity contribution < 1.29 is 0 Å². The lowest BCUT2D eigenvalue weighted by Crippen LogP contribution is -2.52. The molecule has 0 aromatic heterocycles. The van der Waals surface area contributed by atoms with Crippen molar-refractivity contribution in [2.75, 3.05) is 18.1 Å². The zero-order valence-electron chi connectivity index (χ0n) is 8.68. The predicted octanol–water partition coefficient (Wildman–Crippen LogP) is 2.02. The lowest BCUT2D eigenvalue weighted by atomic mass is 9.80. The summed E-state index contributed by atoms with van der Waals surface area (Å²) in [6.45, 7) is 7.42. The highest BCUT2D eigenvalue weighted by molar-refractivity contribution is 7.99. The van der Waals surface area contributed by atoms with Crippen molar-refractivity contribution in [1.82, 2.24) is 5.32 Å². The van der Waals surface area contributed by atoms with Crippen molar-refractivity contribution in [3.05, 3.63) is 0 Å². The quantitative estimate of drug-likeness (QED) is 0.737. The minimum absolute atomic E-state index is 0.277. The Morgan fingerprint density at radius 2 is 2.15 bits per heavy atom. The molecule has 1 aliphatic heterocycles. The molecule has 1 atom stereocenters. The Bertz CT molecular complexity index is 215. The van der Waals surface area contributed by atoms with E-state index in [-0.39, 0.29) is 5.54 Å². The zero-order valence-corrected chi connectivity index (χ0v) is 9.50. The van der Waals surface area contributed by atoms with Crippen LogP contribution in [0.4, 0.5) is 0 Å². The molecule has 3 heteroatoms. The first-order valence-electron chi connectivity index (χ1n) is 4.78. The number of nitrogens with one attached hydrogen (secondary N) is 1. The summed E-state index contributed by atoms with van der Waals surface area (Å²) < 4.78 is 0. The van der Waals surface area contributed by atoms with E-state index in [0.717, 1.165) is 18.7 Å². The van der Waals surface area contributed by atoms with E-state index in [0.29, 0.717) is 5.41 Å². The molecular formula is C10H18N2S. The molecule has 0 spiro atoms. The average molecular weight is 198 g/mol. The van der Waals surface area contributed by atoms with E-state index < -0.39 is 0 Å². The number of rotatable bonds is 2.